The third-order valence-corrected chi connectivity index (χ3v) is 5.93. The van der Waals surface area contributed by atoms with Crippen LogP contribution < -0.4 is 10.6 Å². The Bertz CT molecular complexity index is 1320. The zero-order chi connectivity index (χ0) is 23.0. The Morgan fingerprint density at radius 1 is 1.06 bits per heavy atom. The molecule has 1 aromatic carbocycles. The van der Waals surface area contributed by atoms with E-state index in [1.165, 1.54) is 0 Å². The van der Waals surface area contributed by atoms with Crippen molar-refractivity contribution in [1.82, 2.24) is 25.5 Å². The van der Waals surface area contributed by atoms with Crippen LogP contribution in [0, 0.1) is 0 Å². The summed E-state index contributed by atoms with van der Waals surface area (Å²) in [7, 11) is 0. The van der Waals surface area contributed by atoms with Gasteiger partial charge in [-0.1, -0.05) is 18.2 Å². The maximum Gasteiger partial charge on any atom is 0.433 e. The van der Waals surface area contributed by atoms with Crippen LogP contribution in [0.3, 0.4) is 0 Å². The summed E-state index contributed by atoms with van der Waals surface area (Å²) in [6.45, 7) is 0. The fourth-order valence-corrected chi connectivity index (χ4v) is 4.39. The predicted molar refractivity (Wildman–Crippen MR) is 118 cm³/mol. The zero-order valence-corrected chi connectivity index (χ0v) is 17.5. The second-order valence-electron chi connectivity index (χ2n) is 8.22. The topological polar surface area (TPSA) is 95.6 Å². The lowest BCUT2D eigenvalue weighted by Gasteiger charge is -2.31. The normalized spacial score (nSPS) is 19.0. The molecule has 1 aliphatic rings. The number of nitrogens with one attached hydrogen (secondary N) is 3. The lowest BCUT2D eigenvalue weighted by Crippen LogP contribution is -2.42. The molecule has 1 aliphatic carbocycles. The molecule has 0 saturated heterocycles. The second-order valence-corrected chi connectivity index (χ2v) is 8.22. The number of carbonyl (C=O) groups is 1. The summed E-state index contributed by atoms with van der Waals surface area (Å²) in [6.07, 6.45) is 0.0814. The van der Waals surface area contributed by atoms with E-state index in [1.54, 1.807) is 42.6 Å². The van der Waals surface area contributed by atoms with Gasteiger partial charge in [-0.2, -0.15) is 18.3 Å². The first-order chi connectivity index (χ1) is 15.9. The third kappa shape index (κ3) is 4.33. The van der Waals surface area contributed by atoms with Crippen LogP contribution in [0.2, 0.25) is 0 Å². The van der Waals surface area contributed by atoms with Crippen LogP contribution in [0.25, 0.3) is 21.9 Å². The van der Waals surface area contributed by atoms with Crippen molar-refractivity contribution in [2.24, 2.45) is 0 Å². The molecule has 1 saturated carbocycles. The second kappa shape index (κ2) is 8.34. The van der Waals surface area contributed by atoms with Crippen molar-refractivity contribution >= 4 is 33.5 Å². The molecule has 2 atom stereocenters. The minimum absolute atomic E-state index is 0.0869. The van der Waals surface area contributed by atoms with Gasteiger partial charge in [-0.05, 0) is 49.9 Å². The van der Waals surface area contributed by atoms with Gasteiger partial charge in [-0.15, -0.1) is 0 Å². The summed E-state index contributed by atoms with van der Waals surface area (Å²) in [5.74, 6) is -0.273. The van der Waals surface area contributed by atoms with Crippen molar-refractivity contribution in [2.75, 3.05) is 5.32 Å². The van der Waals surface area contributed by atoms with E-state index in [0.717, 1.165) is 25.3 Å². The fraction of sp³-hybridized carbons (Fsp3) is 0.304. The van der Waals surface area contributed by atoms with Gasteiger partial charge in [-0.25, -0.2) is 9.97 Å². The lowest BCUT2D eigenvalue weighted by atomic mass is 9.90. The monoisotopic (exact) mass is 454 g/mol. The number of anilines is 1. The minimum atomic E-state index is -4.54. The first-order valence-electron chi connectivity index (χ1n) is 10.7. The molecule has 5 rings (SSSR count). The van der Waals surface area contributed by atoms with Gasteiger partial charge in [0.05, 0.1) is 10.9 Å². The van der Waals surface area contributed by atoms with Gasteiger partial charge in [0.15, 0.2) is 5.65 Å². The number of hydrogen-bond donors (Lipinski definition) is 3. The molecule has 0 spiro atoms. The van der Waals surface area contributed by atoms with E-state index in [-0.39, 0.29) is 23.5 Å². The largest absolute Gasteiger partial charge is 0.433 e. The Balaban J connectivity index is 1.33. The Labute approximate surface area is 186 Å². The van der Waals surface area contributed by atoms with E-state index in [4.69, 9.17) is 0 Å². The molecule has 10 heteroatoms. The van der Waals surface area contributed by atoms with Crippen molar-refractivity contribution in [1.29, 1.82) is 0 Å². The van der Waals surface area contributed by atoms with E-state index in [1.807, 2.05) is 0 Å². The number of aromatic amines is 1. The molecule has 3 heterocycles. The summed E-state index contributed by atoms with van der Waals surface area (Å²) in [6, 6.07) is 11.1. The summed E-state index contributed by atoms with van der Waals surface area (Å²) in [5.41, 5.74) is 0.578. The standard InChI is InChI=1S/C23H21F3N6O/c24-23(25,26)19-12-18(15-7-1-2-9-17(15)30-19)28-13-5-3-6-14(11-13)29-22(33)20-16-8-4-10-27-21(16)32-31-20/h1-2,4,7-10,12-14H,3,5-6,11H2,(H,28,30)(H,29,33)(H,27,31,32)/t13-,14+/m0/s1. The molecule has 3 N–H and O–H groups in total. The number of nitrogens with zero attached hydrogens (tertiary/aromatic N) is 3. The van der Waals surface area contributed by atoms with Gasteiger partial charge in [0, 0.05) is 29.4 Å². The van der Waals surface area contributed by atoms with Crippen LogP contribution in [-0.4, -0.2) is 38.2 Å². The number of H-pyrrole nitrogens is 1. The van der Waals surface area contributed by atoms with Crippen molar-refractivity contribution in [3.63, 3.8) is 0 Å². The van der Waals surface area contributed by atoms with E-state index in [2.05, 4.69) is 30.8 Å². The van der Waals surface area contributed by atoms with E-state index in [0.29, 0.717) is 34.2 Å². The maximum atomic E-state index is 13.4. The smallest absolute Gasteiger partial charge is 0.382 e. The van der Waals surface area contributed by atoms with Gasteiger partial charge in [0.1, 0.15) is 11.4 Å². The Hall–Kier alpha value is -3.69. The van der Waals surface area contributed by atoms with Gasteiger partial charge in [-0.3, -0.25) is 9.89 Å². The summed E-state index contributed by atoms with van der Waals surface area (Å²) in [4.78, 5) is 20.7. The number of amides is 1. The highest BCUT2D eigenvalue weighted by Gasteiger charge is 2.34. The number of carbonyl (C=O) groups excluding carboxylic acids is 1. The van der Waals surface area contributed by atoms with Gasteiger partial charge >= 0.3 is 6.18 Å². The average Bonchev–Trinajstić information content (AvgIpc) is 3.23. The number of alkyl halides is 3. The molecule has 7 nitrogen and oxygen atoms in total. The van der Waals surface area contributed by atoms with Crippen molar-refractivity contribution in [3.8, 4) is 0 Å². The maximum absolute atomic E-state index is 13.4. The molecule has 1 amide bonds. The van der Waals surface area contributed by atoms with Crippen molar-refractivity contribution < 1.29 is 18.0 Å². The number of pyridine rings is 2. The number of para-hydroxylation sites is 1. The first-order valence-corrected chi connectivity index (χ1v) is 10.7. The van der Waals surface area contributed by atoms with Crippen LogP contribution in [0.4, 0.5) is 18.9 Å². The molecule has 0 radical (unpaired) electrons. The van der Waals surface area contributed by atoms with Crippen LogP contribution in [0.5, 0.6) is 0 Å². The summed E-state index contributed by atoms with van der Waals surface area (Å²) < 4.78 is 40.1. The molecule has 3 aromatic heterocycles. The van der Waals surface area contributed by atoms with Gasteiger partial charge in [0.25, 0.3) is 5.91 Å². The number of aromatic nitrogens is 4. The van der Waals surface area contributed by atoms with E-state index >= 15 is 0 Å². The molecular weight excluding hydrogens is 433 g/mol. The average molecular weight is 454 g/mol. The SMILES string of the molecule is O=C(N[C@@H]1CCC[C@H](Nc2cc(C(F)(F)F)nc3ccccc23)C1)c1[nH]nc2ncccc12. The number of hydrogen-bond acceptors (Lipinski definition) is 5. The molecule has 1 fully saturated rings. The zero-order valence-electron chi connectivity index (χ0n) is 17.5. The van der Waals surface area contributed by atoms with Gasteiger partial charge < -0.3 is 10.6 Å². The minimum Gasteiger partial charge on any atom is -0.382 e. The van der Waals surface area contributed by atoms with Crippen LogP contribution in [-0.2, 0) is 6.18 Å². The molecule has 0 unspecified atom stereocenters. The number of benzene rings is 1. The van der Waals surface area contributed by atoms with Gasteiger partial charge in [0.2, 0.25) is 0 Å². The van der Waals surface area contributed by atoms with Crippen LogP contribution in [0.1, 0.15) is 41.9 Å². The third-order valence-electron chi connectivity index (χ3n) is 5.93. The van der Waals surface area contributed by atoms with Crippen LogP contribution in [0.15, 0.2) is 48.7 Å². The van der Waals surface area contributed by atoms with Crippen LogP contribution >= 0.6 is 0 Å². The quantitative estimate of drug-likeness (QED) is 0.416. The first kappa shape index (κ1) is 21.2. The molecular formula is C23H21F3N6O. The predicted octanol–water partition coefficient (Wildman–Crippen LogP) is 4.68. The molecule has 0 aliphatic heterocycles. The lowest BCUT2D eigenvalue weighted by molar-refractivity contribution is -0.140. The highest BCUT2D eigenvalue weighted by atomic mass is 19.4. The Kier molecular flexibility index (Phi) is 5.35. The highest BCUT2D eigenvalue weighted by molar-refractivity contribution is 6.03. The fourth-order valence-electron chi connectivity index (χ4n) is 4.39. The summed E-state index contributed by atoms with van der Waals surface area (Å²) >= 11 is 0. The summed E-state index contributed by atoms with van der Waals surface area (Å²) in [5, 5.41) is 14.4. The van der Waals surface area contributed by atoms with Crippen molar-refractivity contribution in [3.05, 3.63) is 60.0 Å². The number of fused-ring (bicyclic) bond motifs is 2. The molecule has 0 bridgehead atoms. The number of rotatable bonds is 4. The van der Waals surface area contributed by atoms with Crippen molar-refractivity contribution in [2.45, 2.75) is 43.9 Å². The Morgan fingerprint density at radius 2 is 1.85 bits per heavy atom. The highest BCUT2D eigenvalue weighted by Crippen LogP contribution is 2.34. The van der Waals surface area contributed by atoms with E-state index < -0.39 is 11.9 Å². The molecule has 170 valence electrons. The Morgan fingerprint density at radius 3 is 2.70 bits per heavy atom. The molecule has 33 heavy (non-hydrogen) atoms. The number of halogens is 3. The molecule has 4 aromatic rings. The van der Waals surface area contributed by atoms with E-state index in [9.17, 15) is 18.0 Å².